The van der Waals surface area contributed by atoms with Gasteiger partial charge in [0.1, 0.15) is 18.7 Å². The predicted molar refractivity (Wildman–Crippen MR) is 182 cm³/mol. The molecule has 2 aromatic carbocycles. The van der Waals surface area contributed by atoms with Crippen molar-refractivity contribution in [3.63, 3.8) is 0 Å². The van der Waals surface area contributed by atoms with Crippen molar-refractivity contribution in [1.29, 1.82) is 0 Å². The molecular formula is C36H53N3O5S. The number of carboxylic acid groups (broad SMARTS) is 1. The van der Waals surface area contributed by atoms with E-state index >= 15 is 0 Å². The van der Waals surface area contributed by atoms with Crippen LogP contribution in [0.2, 0.25) is 0 Å². The zero-order chi connectivity index (χ0) is 32.3. The number of benzene rings is 2. The van der Waals surface area contributed by atoms with E-state index < -0.39 is 30.1 Å². The lowest BCUT2D eigenvalue weighted by atomic mass is 9.91. The van der Waals surface area contributed by atoms with Crippen molar-refractivity contribution in [1.82, 2.24) is 16.0 Å². The van der Waals surface area contributed by atoms with Gasteiger partial charge in [0.25, 0.3) is 0 Å². The monoisotopic (exact) mass is 639 g/mol. The molecule has 2 saturated carbocycles. The second-order valence-corrected chi connectivity index (χ2v) is 13.7. The first-order chi connectivity index (χ1) is 21.8. The van der Waals surface area contributed by atoms with E-state index in [1.165, 1.54) is 76.0 Å². The van der Waals surface area contributed by atoms with Crippen LogP contribution in [0, 0.1) is 5.92 Å². The van der Waals surface area contributed by atoms with Gasteiger partial charge in [-0.25, -0.2) is 9.59 Å². The van der Waals surface area contributed by atoms with Gasteiger partial charge in [0, 0.05) is 23.6 Å². The molecule has 2 aliphatic carbocycles. The summed E-state index contributed by atoms with van der Waals surface area (Å²) in [5.41, 5.74) is 1.91. The van der Waals surface area contributed by atoms with Crippen molar-refractivity contribution in [3.05, 3.63) is 71.8 Å². The third-order valence-corrected chi connectivity index (χ3v) is 9.33. The molecule has 0 saturated heterocycles. The number of amides is 2. The second kappa shape index (κ2) is 20.9. The standard InChI is InChI=1S/C24H30N2O5S.C12H23N/c1-17(2)13-20(23(28)29)25-22(27)21(16-32-15-19-11-7-4-8-12-19)26-24(30)31-14-18-9-5-3-6-10-18;1-3-7-11(8-4-1)13-12-9-5-2-6-10-12/h3-12,17,20-21H,13-16H2,1-2H3,(H,25,27)(H,26,30)(H,28,29);11-13H,1-10H2/t20-,21?;/m0./s1. The van der Waals surface area contributed by atoms with Crippen LogP contribution in [0.1, 0.15) is 95.6 Å². The Balaban J connectivity index is 0.000000350. The molecule has 0 aliphatic heterocycles. The summed E-state index contributed by atoms with van der Waals surface area (Å²) in [4.78, 5) is 36.7. The van der Waals surface area contributed by atoms with Gasteiger partial charge in [-0.1, -0.05) is 113 Å². The number of aliphatic carboxylic acids is 1. The number of carboxylic acids is 1. The maximum atomic E-state index is 12.8. The first kappa shape index (κ1) is 36.4. The molecule has 0 bridgehead atoms. The van der Waals surface area contributed by atoms with Crippen molar-refractivity contribution in [3.8, 4) is 0 Å². The zero-order valence-electron chi connectivity index (χ0n) is 27.0. The highest BCUT2D eigenvalue weighted by Crippen LogP contribution is 2.22. The van der Waals surface area contributed by atoms with Crippen molar-refractivity contribution < 1.29 is 24.2 Å². The summed E-state index contributed by atoms with van der Waals surface area (Å²) < 4.78 is 5.23. The van der Waals surface area contributed by atoms with Crippen LogP contribution in [0.15, 0.2) is 60.7 Å². The zero-order valence-corrected chi connectivity index (χ0v) is 27.9. The molecule has 9 heteroatoms. The summed E-state index contributed by atoms with van der Waals surface area (Å²) in [7, 11) is 0. The van der Waals surface area contributed by atoms with Crippen LogP contribution in [0.25, 0.3) is 0 Å². The van der Waals surface area contributed by atoms with Crippen LogP contribution in [-0.2, 0) is 26.7 Å². The molecule has 4 rings (SSSR count). The molecule has 2 aromatic rings. The largest absolute Gasteiger partial charge is 0.480 e. The van der Waals surface area contributed by atoms with Gasteiger partial charge in [-0.3, -0.25) is 4.79 Å². The van der Waals surface area contributed by atoms with Gasteiger partial charge < -0.3 is 25.8 Å². The first-order valence-corrected chi connectivity index (χ1v) is 17.8. The smallest absolute Gasteiger partial charge is 0.408 e. The summed E-state index contributed by atoms with van der Waals surface area (Å²) in [6.45, 7) is 3.84. The van der Waals surface area contributed by atoms with E-state index in [-0.39, 0.29) is 18.3 Å². The Morgan fingerprint density at radius 3 is 1.82 bits per heavy atom. The van der Waals surface area contributed by atoms with E-state index in [0.29, 0.717) is 12.2 Å². The van der Waals surface area contributed by atoms with Crippen LogP contribution in [0.3, 0.4) is 0 Å². The molecule has 2 atom stereocenters. The number of thioether (sulfide) groups is 1. The van der Waals surface area contributed by atoms with E-state index in [4.69, 9.17) is 4.74 Å². The number of carbonyl (C=O) groups is 3. The number of hydrogen-bond donors (Lipinski definition) is 4. The highest BCUT2D eigenvalue weighted by molar-refractivity contribution is 7.98. The van der Waals surface area contributed by atoms with Crippen LogP contribution >= 0.6 is 11.8 Å². The molecule has 8 nitrogen and oxygen atoms in total. The molecule has 1 unspecified atom stereocenters. The van der Waals surface area contributed by atoms with Crippen LogP contribution in [-0.4, -0.2) is 53.0 Å². The van der Waals surface area contributed by atoms with Gasteiger partial charge >= 0.3 is 12.1 Å². The molecule has 2 fully saturated rings. The average molecular weight is 640 g/mol. The molecule has 4 N–H and O–H groups in total. The van der Waals surface area contributed by atoms with E-state index in [1.54, 1.807) is 0 Å². The minimum Gasteiger partial charge on any atom is -0.480 e. The molecule has 0 heterocycles. The Bertz CT molecular complexity index is 1110. The third kappa shape index (κ3) is 15.2. The lowest BCUT2D eigenvalue weighted by Gasteiger charge is -2.30. The van der Waals surface area contributed by atoms with E-state index in [0.717, 1.165) is 23.2 Å². The highest BCUT2D eigenvalue weighted by atomic mass is 32.2. The molecule has 0 radical (unpaired) electrons. The molecule has 2 amide bonds. The molecule has 0 aromatic heterocycles. The maximum Gasteiger partial charge on any atom is 0.408 e. The minimum atomic E-state index is -1.10. The van der Waals surface area contributed by atoms with E-state index in [9.17, 15) is 19.5 Å². The predicted octanol–water partition coefficient (Wildman–Crippen LogP) is 7.07. The molecule has 0 spiro atoms. The molecule has 45 heavy (non-hydrogen) atoms. The van der Waals surface area contributed by atoms with Gasteiger partial charge in [0.15, 0.2) is 0 Å². The van der Waals surface area contributed by atoms with Gasteiger partial charge in [0.05, 0.1) is 0 Å². The van der Waals surface area contributed by atoms with Crippen LogP contribution in [0.4, 0.5) is 4.79 Å². The lowest BCUT2D eigenvalue weighted by Crippen LogP contribution is -2.53. The average Bonchev–Trinajstić information content (AvgIpc) is 3.05. The summed E-state index contributed by atoms with van der Waals surface area (Å²) >= 11 is 1.47. The summed E-state index contributed by atoms with van der Waals surface area (Å²) in [6.07, 6.45) is 14.1. The Morgan fingerprint density at radius 2 is 1.31 bits per heavy atom. The highest BCUT2D eigenvalue weighted by Gasteiger charge is 2.27. The number of hydrogen-bond acceptors (Lipinski definition) is 6. The Labute approximate surface area is 273 Å². The fourth-order valence-corrected chi connectivity index (χ4v) is 6.81. The van der Waals surface area contributed by atoms with Crippen molar-refractivity contribution in [2.75, 3.05) is 5.75 Å². The van der Waals surface area contributed by atoms with E-state index in [2.05, 4.69) is 16.0 Å². The van der Waals surface area contributed by atoms with Gasteiger partial charge in [-0.15, -0.1) is 0 Å². The summed E-state index contributed by atoms with van der Waals surface area (Å²) in [5.74, 6) is -0.634. The fraction of sp³-hybridized carbons (Fsp3) is 0.583. The number of carbonyl (C=O) groups excluding carboxylic acids is 2. The number of ether oxygens (including phenoxy) is 1. The Hall–Kier alpha value is -3.04. The van der Waals surface area contributed by atoms with Gasteiger partial charge in [0.2, 0.25) is 5.91 Å². The molecular weight excluding hydrogens is 586 g/mol. The van der Waals surface area contributed by atoms with E-state index in [1.807, 2.05) is 74.5 Å². The van der Waals surface area contributed by atoms with Gasteiger partial charge in [-0.05, 0) is 49.1 Å². The quantitative estimate of drug-likeness (QED) is 0.175. The normalized spacial score (nSPS) is 17.0. The third-order valence-electron chi connectivity index (χ3n) is 8.22. The minimum absolute atomic E-state index is 0.0727. The maximum absolute atomic E-state index is 12.8. The van der Waals surface area contributed by atoms with Gasteiger partial charge in [-0.2, -0.15) is 11.8 Å². The first-order valence-electron chi connectivity index (χ1n) is 16.7. The fourth-order valence-electron chi connectivity index (χ4n) is 5.80. The summed E-state index contributed by atoms with van der Waals surface area (Å²) in [5, 5.41) is 18.4. The summed E-state index contributed by atoms with van der Waals surface area (Å²) in [6, 6.07) is 18.7. The van der Waals surface area contributed by atoms with Crippen molar-refractivity contribution >= 4 is 29.7 Å². The number of nitrogens with one attached hydrogen (secondary N) is 3. The van der Waals surface area contributed by atoms with Crippen molar-refractivity contribution in [2.24, 2.45) is 5.92 Å². The molecule has 2 aliphatic rings. The topological polar surface area (TPSA) is 117 Å². The van der Waals surface area contributed by atoms with Crippen LogP contribution in [0.5, 0.6) is 0 Å². The van der Waals surface area contributed by atoms with Crippen molar-refractivity contribution in [2.45, 2.75) is 121 Å². The SMILES string of the molecule is C1CCC(NC2CCCCC2)CC1.CC(C)C[C@H](NC(=O)C(CSCc1ccccc1)NC(=O)OCc1ccccc1)C(=O)O. The number of rotatable bonds is 14. The Morgan fingerprint density at radius 1 is 0.778 bits per heavy atom. The molecule has 248 valence electrons. The number of alkyl carbamates (subject to hydrolysis) is 1. The second-order valence-electron chi connectivity index (χ2n) is 12.6. The van der Waals surface area contributed by atoms with Crippen LogP contribution < -0.4 is 16.0 Å². The lowest BCUT2D eigenvalue weighted by molar-refractivity contribution is -0.142. The Kier molecular flexibility index (Phi) is 16.9.